The van der Waals surface area contributed by atoms with Crippen LogP contribution in [0.4, 0.5) is 0 Å². The molecule has 2 aliphatic carbocycles. The van der Waals surface area contributed by atoms with Gasteiger partial charge in [-0.1, -0.05) is 44.3 Å². The molecule has 4 heteroatoms. The van der Waals surface area contributed by atoms with E-state index in [9.17, 15) is 4.79 Å². The summed E-state index contributed by atoms with van der Waals surface area (Å²) in [6.45, 7) is 0.786. The Morgan fingerprint density at radius 1 is 1.29 bits per heavy atom. The van der Waals surface area contributed by atoms with Gasteiger partial charge in [0.2, 0.25) is 5.91 Å². The lowest BCUT2D eigenvalue weighted by atomic mass is 9.73. The average molecular weight is 254 g/mol. The molecule has 0 atom stereocenters. The molecule has 0 aliphatic heterocycles. The van der Waals surface area contributed by atoms with E-state index in [1.807, 2.05) is 0 Å². The summed E-state index contributed by atoms with van der Waals surface area (Å²) in [5.41, 5.74) is 5.27. The zero-order valence-corrected chi connectivity index (χ0v) is 11.2. The molecule has 0 aromatic heterocycles. The molecule has 0 bridgehead atoms. The van der Waals surface area contributed by atoms with Gasteiger partial charge in [0.15, 0.2) is 0 Å². The van der Waals surface area contributed by atoms with E-state index in [1.165, 1.54) is 19.3 Å². The van der Waals surface area contributed by atoms with Crippen molar-refractivity contribution in [2.24, 2.45) is 17.1 Å². The lowest BCUT2D eigenvalue weighted by Crippen LogP contribution is -2.50. The molecule has 0 heterocycles. The van der Waals surface area contributed by atoms with E-state index in [2.05, 4.69) is 5.32 Å². The third-order valence-corrected chi connectivity index (χ3v) is 4.54. The van der Waals surface area contributed by atoms with Crippen LogP contribution < -0.4 is 11.1 Å². The van der Waals surface area contributed by atoms with Crippen LogP contribution >= 0.6 is 12.2 Å². The SMILES string of the molecule is NC(=S)C1(C(=O)NCCC2CC2)CCCCC1. The summed E-state index contributed by atoms with van der Waals surface area (Å²) in [7, 11) is 0. The Labute approximate surface area is 109 Å². The molecule has 96 valence electrons. The summed E-state index contributed by atoms with van der Waals surface area (Å²) in [6.07, 6.45) is 8.75. The lowest BCUT2D eigenvalue weighted by Gasteiger charge is -2.34. The fraction of sp³-hybridized carbons (Fsp3) is 0.846. The highest BCUT2D eigenvalue weighted by molar-refractivity contribution is 7.80. The van der Waals surface area contributed by atoms with Crippen LogP contribution in [-0.4, -0.2) is 17.4 Å². The van der Waals surface area contributed by atoms with Crippen molar-refractivity contribution in [1.29, 1.82) is 0 Å². The first kappa shape index (κ1) is 12.8. The highest BCUT2D eigenvalue weighted by atomic mass is 32.1. The highest BCUT2D eigenvalue weighted by Crippen LogP contribution is 2.37. The molecule has 17 heavy (non-hydrogen) atoms. The topological polar surface area (TPSA) is 55.1 Å². The van der Waals surface area contributed by atoms with Crippen LogP contribution in [0.15, 0.2) is 0 Å². The molecule has 0 aromatic rings. The Hall–Kier alpha value is -0.640. The molecule has 0 radical (unpaired) electrons. The molecule has 2 aliphatic rings. The molecule has 3 nitrogen and oxygen atoms in total. The van der Waals surface area contributed by atoms with E-state index in [1.54, 1.807) is 0 Å². The fourth-order valence-corrected chi connectivity index (χ4v) is 3.00. The van der Waals surface area contributed by atoms with Crippen LogP contribution in [-0.2, 0) is 4.79 Å². The van der Waals surface area contributed by atoms with Crippen molar-refractivity contribution in [3.05, 3.63) is 0 Å². The number of carbonyl (C=O) groups excluding carboxylic acids is 1. The summed E-state index contributed by atoms with van der Waals surface area (Å²) >= 11 is 5.14. The van der Waals surface area contributed by atoms with Crippen molar-refractivity contribution in [1.82, 2.24) is 5.32 Å². The predicted octanol–water partition coefficient (Wildman–Crippen LogP) is 2.14. The summed E-state index contributed by atoms with van der Waals surface area (Å²) in [5.74, 6) is 0.924. The first-order valence-electron chi connectivity index (χ1n) is 6.73. The quantitative estimate of drug-likeness (QED) is 0.739. The number of amides is 1. The predicted molar refractivity (Wildman–Crippen MR) is 72.7 cm³/mol. The van der Waals surface area contributed by atoms with Gasteiger partial charge in [-0.15, -0.1) is 0 Å². The maximum absolute atomic E-state index is 12.3. The molecule has 1 amide bonds. The van der Waals surface area contributed by atoms with E-state index in [4.69, 9.17) is 18.0 Å². The van der Waals surface area contributed by atoms with Gasteiger partial charge in [0.05, 0.1) is 10.4 Å². The zero-order valence-electron chi connectivity index (χ0n) is 10.3. The van der Waals surface area contributed by atoms with Crippen LogP contribution in [0.25, 0.3) is 0 Å². The summed E-state index contributed by atoms with van der Waals surface area (Å²) < 4.78 is 0. The smallest absolute Gasteiger partial charge is 0.233 e. The van der Waals surface area contributed by atoms with Crippen LogP contribution in [0.2, 0.25) is 0 Å². The van der Waals surface area contributed by atoms with Crippen LogP contribution in [0.3, 0.4) is 0 Å². The van der Waals surface area contributed by atoms with E-state index in [0.29, 0.717) is 4.99 Å². The van der Waals surface area contributed by atoms with Crippen molar-refractivity contribution in [2.75, 3.05) is 6.54 Å². The molecule has 0 saturated heterocycles. The number of thiocarbonyl (C=S) groups is 1. The van der Waals surface area contributed by atoms with Crippen molar-refractivity contribution in [2.45, 2.75) is 51.4 Å². The van der Waals surface area contributed by atoms with Gasteiger partial charge in [0.25, 0.3) is 0 Å². The minimum atomic E-state index is -0.545. The second-order valence-electron chi connectivity index (χ2n) is 5.49. The summed E-state index contributed by atoms with van der Waals surface area (Å²) in [6, 6.07) is 0. The highest BCUT2D eigenvalue weighted by Gasteiger charge is 2.42. The number of hydrogen-bond acceptors (Lipinski definition) is 2. The molecule has 2 saturated carbocycles. The van der Waals surface area contributed by atoms with Crippen LogP contribution in [0, 0.1) is 11.3 Å². The molecular formula is C13H22N2OS. The lowest BCUT2D eigenvalue weighted by molar-refractivity contribution is -0.128. The van der Waals surface area contributed by atoms with Gasteiger partial charge in [0, 0.05) is 6.54 Å². The Morgan fingerprint density at radius 3 is 2.47 bits per heavy atom. The van der Waals surface area contributed by atoms with E-state index in [-0.39, 0.29) is 5.91 Å². The first-order chi connectivity index (χ1) is 8.15. The maximum atomic E-state index is 12.3. The second-order valence-corrected chi connectivity index (χ2v) is 5.93. The Bertz CT molecular complexity index is 307. The largest absolute Gasteiger partial charge is 0.392 e. The fourth-order valence-electron chi connectivity index (χ4n) is 2.71. The molecule has 2 fully saturated rings. The molecule has 2 rings (SSSR count). The number of nitrogens with two attached hydrogens (primary N) is 1. The van der Waals surface area contributed by atoms with E-state index >= 15 is 0 Å². The maximum Gasteiger partial charge on any atom is 0.233 e. The van der Waals surface area contributed by atoms with Gasteiger partial charge in [-0.2, -0.15) is 0 Å². The Balaban J connectivity index is 1.89. The second kappa shape index (κ2) is 5.34. The van der Waals surface area contributed by atoms with Crippen molar-refractivity contribution >= 4 is 23.1 Å². The number of nitrogens with one attached hydrogen (secondary N) is 1. The van der Waals surface area contributed by atoms with Gasteiger partial charge in [-0.25, -0.2) is 0 Å². The Morgan fingerprint density at radius 2 is 1.94 bits per heavy atom. The van der Waals surface area contributed by atoms with Gasteiger partial charge in [-0.3, -0.25) is 4.79 Å². The van der Waals surface area contributed by atoms with Gasteiger partial charge < -0.3 is 11.1 Å². The number of hydrogen-bond donors (Lipinski definition) is 2. The van der Waals surface area contributed by atoms with E-state index < -0.39 is 5.41 Å². The summed E-state index contributed by atoms with van der Waals surface area (Å²) in [4.78, 5) is 12.7. The van der Waals surface area contributed by atoms with Crippen LogP contribution in [0.5, 0.6) is 0 Å². The Kier molecular flexibility index (Phi) is 4.02. The van der Waals surface area contributed by atoms with Crippen molar-refractivity contribution in [3.63, 3.8) is 0 Å². The van der Waals surface area contributed by atoms with Crippen LogP contribution in [0.1, 0.15) is 51.4 Å². The third kappa shape index (κ3) is 2.97. The standard InChI is InChI=1S/C13H22N2OS/c14-11(17)13(7-2-1-3-8-13)12(16)15-9-6-10-4-5-10/h10H,1-9H2,(H2,14,17)(H,15,16). The van der Waals surface area contributed by atoms with Gasteiger partial charge in [0.1, 0.15) is 0 Å². The summed E-state index contributed by atoms with van der Waals surface area (Å²) in [5, 5.41) is 3.04. The zero-order chi connectivity index (χ0) is 12.3. The minimum Gasteiger partial charge on any atom is -0.392 e. The normalized spacial score (nSPS) is 23.1. The number of rotatable bonds is 5. The van der Waals surface area contributed by atoms with Crippen molar-refractivity contribution in [3.8, 4) is 0 Å². The average Bonchev–Trinajstić information content (AvgIpc) is 3.13. The molecule has 3 N–H and O–H groups in total. The van der Waals surface area contributed by atoms with Gasteiger partial charge >= 0.3 is 0 Å². The van der Waals surface area contributed by atoms with Crippen molar-refractivity contribution < 1.29 is 4.79 Å². The first-order valence-corrected chi connectivity index (χ1v) is 7.14. The third-order valence-electron chi connectivity index (χ3n) is 4.15. The number of carbonyl (C=O) groups is 1. The van der Waals surface area contributed by atoms with E-state index in [0.717, 1.165) is 44.6 Å². The van der Waals surface area contributed by atoms with Gasteiger partial charge in [-0.05, 0) is 25.2 Å². The molecular weight excluding hydrogens is 232 g/mol. The monoisotopic (exact) mass is 254 g/mol. The molecule has 0 spiro atoms. The molecule has 0 unspecified atom stereocenters. The molecule has 0 aromatic carbocycles. The minimum absolute atomic E-state index is 0.0744.